The number of nitrogens with zero attached hydrogens (tertiary/aromatic N) is 1. The van der Waals surface area contributed by atoms with E-state index in [1.165, 1.54) is 11.1 Å². The Balaban J connectivity index is 1.63. The van der Waals surface area contributed by atoms with Gasteiger partial charge in [0.15, 0.2) is 0 Å². The molecule has 0 radical (unpaired) electrons. The van der Waals surface area contributed by atoms with Crippen molar-refractivity contribution in [3.63, 3.8) is 0 Å². The number of hydrogen-bond acceptors (Lipinski definition) is 3. The number of anilines is 1. The summed E-state index contributed by atoms with van der Waals surface area (Å²) in [7, 11) is 1.61. The maximum absolute atomic E-state index is 12.6. The van der Waals surface area contributed by atoms with E-state index in [0.29, 0.717) is 11.4 Å². The van der Waals surface area contributed by atoms with Crippen molar-refractivity contribution in [3.05, 3.63) is 66.2 Å². The molecule has 1 heterocycles. The number of benzene rings is 2. The first-order chi connectivity index (χ1) is 12.2. The Morgan fingerprint density at radius 2 is 1.84 bits per heavy atom. The lowest BCUT2D eigenvalue weighted by molar-refractivity contribution is -0.120. The molecule has 2 aromatic rings. The van der Waals surface area contributed by atoms with Crippen LogP contribution >= 0.6 is 0 Å². The molecule has 2 aromatic carbocycles. The molecule has 0 spiro atoms. The van der Waals surface area contributed by atoms with Crippen molar-refractivity contribution >= 4 is 17.2 Å². The van der Waals surface area contributed by atoms with Gasteiger partial charge in [0.25, 0.3) is 0 Å². The van der Waals surface area contributed by atoms with E-state index in [1.807, 2.05) is 37.3 Å². The van der Waals surface area contributed by atoms with Gasteiger partial charge in [0.05, 0.1) is 18.8 Å². The van der Waals surface area contributed by atoms with Gasteiger partial charge in [0.1, 0.15) is 5.75 Å². The fourth-order valence-electron chi connectivity index (χ4n) is 3.10. The lowest BCUT2D eigenvalue weighted by Gasteiger charge is -2.31. The number of nitrogens with one attached hydrogen (secondary N) is 1. The smallest absolute Gasteiger partial charge is 0.241 e. The fourth-order valence-corrected chi connectivity index (χ4v) is 3.10. The summed E-state index contributed by atoms with van der Waals surface area (Å²) in [5.41, 5.74) is 3.34. The zero-order valence-corrected chi connectivity index (χ0v) is 14.7. The van der Waals surface area contributed by atoms with Crippen LogP contribution in [0.15, 0.2) is 60.7 Å². The van der Waals surface area contributed by atoms with Crippen molar-refractivity contribution in [1.82, 2.24) is 4.90 Å². The SMILES string of the molecule is COc1ccccc1NC(=O)C(C)N1CC=C(c2ccccc2)CC1. The number of carbonyl (C=O) groups excluding carboxylic acids is 1. The average Bonchev–Trinajstić information content (AvgIpc) is 2.68. The summed E-state index contributed by atoms with van der Waals surface area (Å²) in [6.45, 7) is 3.61. The Kier molecular flexibility index (Phi) is 5.51. The molecule has 1 N–H and O–H groups in total. The lowest BCUT2D eigenvalue weighted by Crippen LogP contribution is -2.44. The van der Waals surface area contributed by atoms with Gasteiger partial charge in [-0.1, -0.05) is 48.5 Å². The highest BCUT2D eigenvalue weighted by Crippen LogP contribution is 2.25. The molecular formula is C21H24N2O2. The molecule has 4 nitrogen and oxygen atoms in total. The van der Waals surface area contributed by atoms with Crippen LogP contribution in [-0.4, -0.2) is 37.0 Å². The monoisotopic (exact) mass is 336 g/mol. The number of para-hydroxylation sites is 2. The van der Waals surface area contributed by atoms with Gasteiger partial charge < -0.3 is 10.1 Å². The first-order valence-electron chi connectivity index (χ1n) is 8.61. The minimum Gasteiger partial charge on any atom is -0.495 e. The Morgan fingerprint density at radius 3 is 2.52 bits per heavy atom. The number of rotatable bonds is 5. The van der Waals surface area contributed by atoms with Crippen LogP contribution in [0.4, 0.5) is 5.69 Å². The van der Waals surface area contributed by atoms with Crippen LogP contribution in [0.1, 0.15) is 18.9 Å². The van der Waals surface area contributed by atoms with Crippen LogP contribution in [0.3, 0.4) is 0 Å². The molecule has 25 heavy (non-hydrogen) atoms. The zero-order chi connectivity index (χ0) is 17.6. The number of amides is 1. The van der Waals surface area contributed by atoms with E-state index >= 15 is 0 Å². The number of methoxy groups -OCH3 is 1. The van der Waals surface area contributed by atoms with Crippen molar-refractivity contribution in [1.29, 1.82) is 0 Å². The highest BCUT2D eigenvalue weighted by molar-refractivity contribution is 5.95. The van der Waals surface area contributed by atoms with E-state index in [4.69, 9.17) is 4.74 Å². The molecule has 0 bridgehead atoms. The maximum Gasteiger partial charge on any atom is 0.241 e. The van der Waals surface area contributed by atoms with Crippen LogP contribution in [0, 0.1) is 0 Å². The third-order valence-electron chi connectivity index (χ3n) is 4.68. The third kappa shape index (κ3) is 4.09. The number of carbonyl (C=O) groups is 1. The first kappa shape index (κ1) is 17.2. The second-order valence-electron chi connectivity index (χ2n) is 6.21. The topological polar surface area (TPSA) is 41.6 Å². The third-order valence-corrected chi connectivity index (χ3v) is 4.68. The van der Waals surface area contributed by atoms with E-state index in [2.05, 4.69) is 40.6 Å². The van der Waals surface area contributed by atoms with Crippen LogP contribution in [0.2, 0.25) is 0 Å². The quantitative estimate of drug-likeness (QED) is 0.903. The summed E-state index contributed by atoms with van der Waals surface area (Å²) >= 11 is 0. The minimum atomic E-state index is -0.196. The molecule has 0 saturated heterocycles. The molecule has 1 aliphatic rings. The molecule has 130 valence electrons. The normalized spacial score (nSPS) is 16.0. The van der Waals surface area contributed by atoms with Crippen LogP contribution in [0.25, 0.3) is 5.57 Å². The average molecular weight is 336 g/mol. The van der Waals surface area contributed by atoms with Crippen molar-refractivity contribution in [3.8, 4) is 5.75 Å². The van der Waals surface area contributed by atoms with Crippen molar-refractivity contribution in [2.24, 2.45) is 0 Å². The van der Waals surface area contributed by atoms with Gasteiger partial charge in [-0.3, -0.25) is 9.69 Å². The predicted molar refractivity (Wildman–Crippen MR) is 102 cm³/mol. The van der Waals surface area contributed by atoms with Crippen LogP contribution in [0.5, 0.6) is 5.75 Å². The second kappa shape index (κ2) is 7.99. The highest BCUT2D eigenvalue weighted by Gasteiger charge is 2.24. The standard InChI is InChI=1S/C21H24N2O2/c1-16(21(24)22-19-10-6-7-11-20(19)25-2)23-14-12-18(13-15-23)17-8-4-3-5-9-17/h3-12,16H,13-15H2,1-2H3,(H,22,24). The predicted octanol–water partition coefficient (Wildman–Crippen LogP) is 3.81. The largest absolute Gasteiger partial charge is 0.495 e. The summed E-state index contributed by atoms with van der Waals surface area (Å²) in [4.78, 5) is 14.8. The maximum atomic E-state index is 12.6. The highest BCUT2D eigenvalue weighted by atomic mass is 16.5. The Labute approximate surface area is 149 Å². The molecule has 0 fully saturated rings. The molecular weight excluding hydrogens is 312 g/mol. The number of ether oxygens (including phenoxy) is 1. The first-order valence-corrected chi connectivity index (χ1v) is 8.61. The summed E-state index contributed by atoms with van der Waals surface area (Å²) < 4.78 is 5.30. The summed E-state index contributed by atoms with van der Waals surface area (Å²) in [5, 5.41) is 2.98. The zero-order valence-electron chi connectivity index (χ0n) is 14.7. The van der Waals surface area contributed by atoms with Crippen molar-refractivity contribution in [2.45, 2.75) is 19.4 Å². The van der Waals surface area contributed by atoms with Gasteiger partial charge in [0.2, 0.25) is 5.91 Å². The Hall–Kier alpha value is -2.59. The molecule has 4 heteroatoms. The van der Waals surface area contributed by atoms with Gasteiger partial charge in [-0.2, -0.15) is 0 Å². The molecule has 0 saturated carbocycles. The Bertz CT molecular complexity index is 756. The van der Waals surface area contributed by atoms with Crippen LogP contribution < -0.4 is 10.1 Å². The van der Waals surface area contributed by atoms with Crippen molar-refractivity contribution < 1.29 is 9.53 Å². The van der Waals surface area contributed by atoms with Gasteiger partial charge in [-0.05, 0) is 36.6 Å². The Morgan fingerprint density at radius 1 is 1.12 bits per heavy atom. The lowest BCUT2D eigenvalue weighted by atomic mass is 9.99. The van der Waals surface area contributed by atoms with Crippen molar-refractivity contribution in [2.75, 3.05) is 25.5 Å². The molecule has 3 rings (SSSR count). The van der Waals surface area contributed by atoms with Gasteiger partial charge >= 0.3 is 0 Å². The summed E-state index contributed by atoms with van der Waals surface area (Å²) in [5.74, 6) is 0.661. The summed E-state index contributed by atoms with van der Waals surface area (Å²) in [6, 6.07) is 17.7. The fraction of sp³-hybridized carbons (Fsp3) is 0.286. The molecule has 0 aromatic heterocycles. The van der Waals surface area contributed by atoms with E-state index in [9.17, 15) is 4.79 Å². The minimum absolute atomic E-state index is 0.0129. The molecule has 1 aliphatic heterocycles. The van der Waals surface area contributed by atoms with E-state index in [1.54, 1.807) is 7.11 Å². The molecule has 1 unspecified atom stereocenters. The number of hydrogen-bond donors (Lipinski definition) is 1. The van der Waals surface area contributed by atoms with E-state index < -0.39 is 0 Å². The summed E-state index contributed by atoms with van der Waals surface area (Å²) in [6.07, 6.45) is 3.18. The van der Waals surface area contributed by atoms with E-state index in [-0.39, 0.29) is 11.9 Å². The van der Waals surface area contributed by atoms with E-state index in [0.717, 1.165) is 19.5 Å². The molecule has 1 amide bonds. The van der Waals surface area contributed by atoms with Gasteiger partial charge in [-0.25, -0.2) is 0 Å². The second-order valence-corrected chi connectivity index (χ2v) is 6.21. The van der Waals surface area contributed by atoms with Gasteiger partial charge in [-0.15, -0.1) is 0 Å². The molecule has 0 aliphatic carbocycles. The van der Waals surface area contributed by atoms with Crippen LogP contribution in [-0.2, 0) is 4.79 Å². The molecule has 1 atom stereocenters. The van der Waals surface area contributed by atoms with Gasteiger partial charge in [0, 0.05) is 13.1 Å².